The number of amides is 1. The second-order valence-corrected chi connectivity index (χ2v) is 5.29. The number of carbonyl (C=O) groups is 1. The molecule has 1 N–H and O–H groups in total. The first kappa shape index (κ1) is 11.5. The van der Waals surface area contributed by atoms with Gasteiger partial charge in [-0.2, -0.15) is 0 Å². The minimum absolute atomic E-state index is 0.165. The van der Waals surface area contributed by atoms with E-state index in [1.165, 1.54) is 18.4 Å². The molecule has 1 aliphatic heterocycles. The normalized spacial score (nSPS) is 33.1. The first-order valence-electron chi connectivity index (χ1n) is 6.88. The molecule has 1 saturated heterocycles. The Labute approximate surface area is 108 Å². The fourth-order valence-electron chi connectivity index (χ4n) is 3.18. The molecule has 18 heavy (non-hydrogen) atoms. The highest BCUT2D eigenvalue weighted by molar-refractivity contribution is 5.82. The van der Waals surface area contributed by atoms with Crippen molar-refractivity contribution < 1.29 is 4.79 Å². The van der Waals surface area contributed by atoms with Crippen molar-refractivity contribution in [3.63, 3.8) is 0 Å². The van der Waals surface area contributed by atoms with Gasteiger partial charge >= 0.3 is 0 Å². The fourth-order valence-corrected chi connectivity index (χ4v) is 3.18. The third-order valence-electron chi connectivity index (χ3n) is 4.14. The van der Waals surface area contributed by atoms with Gasteiger partial charge in [0.15, 0.2) is 0 Å². The van der Waals surface area contributed by atoms with Crippen LogP contribution in [0.15, 0.2) is 42.5 Å². The lowest BCUT2D eigenvalue weighted by Gasteiger charge is -2.21. The fraction of sp³-hybridized carbons (Fsp3) is 0.438. The van der Waals surface area contributed by atoms with Crippen LogP contribution in [-0.4, -0.2) is 5.91 Å². The SMILES string of the molecule is O=C1NC(c2ccccc2)C2/C=C\CCCCC12. The Balaban J connectivity index is 1.91. The van der Waals surface area contributed by atoms with Crippen molar-refractivity contribution in [3.8, 4) is 0 Å². The zero-order valence-electron chi connectivity index (χ0n) is 10.5. The second kappa shape index (κ2) is 4.97. The molecule has 0 radical (unpaired) electrons. The van der Waals surface area contributed by atoms with E-state index in [1.54, 1.807) is 0 Å². The van der Waals surface area contributed by atoms with Gasteiger partial charge < -0.3 is 5.32 Å². The lowest BCUT2D eigenvalue weighted by molar-refractivity contribution is -0.123. The number of hydrogen-bond donors (Lipinski definition) is 1. The molecule has 3 atom stereocenters. The molecular weight excluding hydrogens is 222 g/mol. The molecule has 1 heterocycles. The Bertz CT molecular complexity index is 451. The van der Waals surface area contributed by atoms with Crippen molar-refractivity contribution in [3.05, 3.63) is 48.0 Å². The smallest absolute Gasteiger partial charge is 0.224 e. The van der Waals surface area contributed by atoms with E-state index in [0.717, 1.165) is 12.8 Å². The number of allylic oxidation sites excluding steroid dienone is 1. The zero-order chi connectivity index (χ0) is 12.4. The molecule has 2 aliphatic rings. The maximum atomic E-state index is 12.1. The summed E-state index contributed by atoms with van der Waals surface area (Å²) in [6.07, 6.45) is 9.08. The van der Waals surface area contributed by atoms with Crippen LogP contribution < -0.4 is 5.32 Å². The van der Waals surface area contributed by atoms with Crippen LogP contribution in [0.25, 0.3) is 0 Å². The molecule has 0 bridgehead atoms. The van der Waals surface area contributed by atoms with E-state index in [-0.39, 0.29) is 17.9 Å². The summed E-state index contributed by atoms with van der Waals surface area (Å²) < 4.78 is 0. The lowest BCUT2D eigenvalue weighted by atomic mass is 9.82. The average molecular weight is 241 g/mol. The number of rotatable bonds is 1. The average Bonchev–Trinajstić information content (AvgIpc) is 2.66. The summed E-state index contributed by atoms with van der Waals surface area (Å²) in [5.74, 6) is 0.743. The van der Waals surface area contributed by atoms with Crippen LogP contribution in [0, 0.1) is 11.8 Å². The van der Waals surface area contributed by atoms with Crippen molar-refractivity contribution >= 4 is 5.91 Å². The molecule has 1 aromatic rings. The molecule has 3 unspecified atom stereocenters. The molecule has 1 aliphatic carbocycles. The van der Waals surface area contributed by atoms with Crippen molar-refractivity contribution in [1.29, 1.82) is 0 Å². The summed E-state index contributed by atoms with van der Waals surface area (Å²) in [5, 5.41) is 3.18. The topological polar surface area (TPSA) is 29.1 Å². The summed E-state index contributed by atoms with van der Waals surface area (Å²) in [6.45, 7) is 0. The van der Waals surface area contributed by atoms with Crippen LogP contribution in [-0.2, 0) is 4.79 Å². The van der Waals surface area contributed by atoms with Crippen LogP contribution in [0.2, 0.25) is 0 Å². The summed E-state index contributed by atoms with van der Waals surface area (Å²) in [4.78, 5) is 12.1. The third-order valence-corrected chi connectivity index (χ3v) is 4.14. The predicted octanol–water partition coefficient (Wildman–Crippen LogP) is 3.22. The first-order chi connectivity index (χ1) is 8.86. The van der Waals surface area contributed by atoms with Gasteiger partial charge in [0.25, 0.3) is 0 Å². The highest BCUT2D eigenvalue weighted by Crippen LogP contribution is 2.39. The molecular formula is C16H19NO. The van der Waals surface area contributed by atoms with Crippen LogP contribution >= 0.6 is 0 Å². The van der Waals surface area contributed by atoms with Gasteiger partial charge in [-0.1, -0.05) is 48.9 Å². The van der Waals surface area contributed by atoms with Crippen molar-refractivity contribution in [2.75, 3.05) is 0 Å². The van der Waals surface area contributed by atoms with Gasteiger partial charge in [-0.25, -0.2) is 0 Å². The highest BCUT2D eigenvalue weighted by atomic mass is 16.2. The van der Waals surface area contributed by atoms with Crippen LogP contribution in [0.1, 0.15) is 37.3 Å². The Morgan fingerprint density at radius 3 is 2.78 bits per heavy atom. The summed E-state index contributed by atoms with van der Waals surface area (Å²) in [7, 11) is 0. The van der Waals surface area contributed by atoms with Gasteiger partial charge in [0.2, 0.25) is 5.91 Å². The summed E-state index contributed by atoms with van der Waals surface area (Å²) in [5.41, 5.74) is 1.23. The molecule has 2 heteroatoms. The van der Waals surface area contributed by atoms with Crippen molar-refractivity contribution in [1.82, 2.24) is 5.32 Å². The van der Waals surface area contributed by atoms with Gasteiger partial charge in [-0.15, -0.1) is 0 Å². The van der Waals surface area contributed by atoms with Gasteiger partial charge in [0.1, 0.15) is 0 Å². The van der Waals surface area contributed by atoms with E-state index in [4.69, 9.17) is 0 Å². The molecule has 0 saturated carbocycles. The molecule has 2 nitrogen and oxygen atoms in total. The number of benzene rings is 1. The second-order valence-electron chi connectivity index (χ2n) is 5.29. The van der Waals surface area contributed by atoms with E-state index in [2.05, 4.69) is 29.6 Å². The van der Waals surface area contributed by atoms with E-state index in [9.17, 15) is 4.79 Å². The van der Waals surface area contributed by atoms with E-state index in [1.807, 2.05) is 18.2 Å². The minimum atomic E-state index is 0.165. The molecule has 1 fully saturated rings. The Kier molecular flexibility index (Phi) is 3.18. The van der Waals surface area contributed by atoms with Crippen molar-refractivity contribution in [2.24, 2.45) is 11.8 Å². The maximum absolute atomic E-state index is 12.1. The number of hydrogen-bond acceptors (Lipinski definition) is 1. The minimum Gasteiger partial charge on any atom is -0.348 e. The molecule has 1 amide bonds. The van der Waals surface area contributed by atoms with Gasteiger partial charge in [0.05, 0.1) is 6.04 Å². The highest BCUT2D eigenvalue weighted by Gasteiger charge is 2.40. The summed E-state index contributed by atoms with van der Waals surface area (Å²) >= 11 is 0. The maximum Gasteiger partial charge on any atom is 0.224 e. The number of fused-ring (bicyclic) bond motifs is 1. The quantitative estimate of drug-likeness (QED) is 0.751. The van der Waals surface area contributed by atoms with E-state index < -0.39 is 0 Å². The van der Waals surface area contributed by atoms with Crippen LogP contribution in [0.3, 0.4) is 0 Å². The lowest BCUT2D eigenvalue weighted by Crippen LogP contribution is -2.21. The van der Waals surface area contributed by atoms with E-state index >= 15 is 0 Å². The van der Waals surface area contributed by atoms with E-state index in [0.29, 0.717) is 5.92 Å². The molecule has 94 valence electrons. The predicted molar refractivity (Wildman–Crippen MR) is 71.9 cm³/mol. The third kappa shape index (κ3) is 2.07. The Morgan fingerprint density at radius 1 is 1.11 bits per heavy atom. The standard InChI is InChI=1S/C16H19NO/c18-16-14-11-7-2-1-6-10-13(14)15(17-16)12-8-4-3-5-9-12/h3-6,8-10,13-15H,1-2,7,11H2,(H,17,18)/b10-6-. The first-order valence-corrected chi connectivity index (χ1v) is 6.88. The van der Waals surface area contributed by atoms with Gasteiger partial charge in [0, 0.05) is 11.8 Å². The zero-order valence-corrected chi connectivity index (χ0v) is 10.5. The van der Waals surface area contributed by atoms with Crippen LogP contribution in [0.4, 0.5) is 0 Å². The largest absolute Gasteiger partial charge is 0.348 e. The van der Waals surface area contributed by atoms with Gasteiger partial charge in [-0.05, 0) is 24.8 Å². The number of carbonyl (C=O) groups excluding carboxylic acids is 1. The Morgan fingerprint density at radius 2 is 1.94 bits per heavy atom. The monoisotopic (exact) mass is 241 g/mol. The number of nitrogens with one attached hydrogen (secondary N) is 1. The summed E-state index contributed by atoms with van der Waals surface area (Å²) in [6, 6.07) is 10.5. The van der Waals surface area contributed by atoms with Crippen LogP contribution in [0.5, 0.6) is 0 Å². The van der Waals surface area contributed by atoms with Crippen molar-refractivity contribution in [2.45, 2.75) is 31.7 Å². The molecule has 0 spiro atoms. The molecule has 1 aromatic carbocycles. The molecule has 0 aromatic heterocycles. The Hall–Kier alpha value is -1.57. The van der Waals surface area contributed by atoms with Gasteiger partial charge in [-0.3, -0.25) is 4.79 Å². The molecule has 3 rings (SSSR count).